The van der Waals surface area contributed by atoms with Gasteiger partial charge in [-0.2, -0.15) is 4.80 Å². The molecule has 0 saturated heterocycles. The lowest BCUT2D eigenvalue weighted by atomic mass is 10.8. The fourth-order valence-electron chi connectivity index (χ4n) is 0.379. The van der Waals surface area contributed by atoms with Crippen molar-refractivity contribution in [3.63, 3.8) is 0 Å². The van der Waals surface area contributed by atoms with Gasteiger partial charge in [0.05, 0.1) is 7.05 Å². The highest BCUT2D eigenvalue weighted by Gasteiger charge is 1.85. The van der Waals surface area contributed by atoms with E-state index < -0.39 is 0 Å². The summed E-state index contributed by atoms with van der Waals surface area (Å²) in [7, 11) is 1.74. The lowest BCUT2D eigenvalue weighted by molar-refractivity contribution is 0.629. The van der Waals surface area contributed by atoms with Crippen LogP contribution in [0.2, 0.25) is 0 Å². The van der Waals surface area contributed by atoms with Crippen LogP contribution in [0, 0.1) is 6.92 Å². The smallest absolute Gasteiger partial charge is 0.167 e. The van der Waals surface area contributed by atoms with Crippen LogP contribution in [0.15, 0.2) is 0 Å². The van der Waals surface area contributed by atoms with Crippen molar-refractivity contribution in [3.8, 4) is 0 Å². The maximum Gasteiger partial charge on any atom is 0.171 e. The third kappa shape index (κ3) is 6.96. The average Bonchev–Trinajstić information content (AvgIpc) is 2.43. The summed E-state index contributed by atoms with van der Waals surface area (Å²) in [5.74, 6) is 0.711. The van der Waals surface area contributed by atoms with Crippen LogP contribution in [0.3, 0.4) is 0 Å². The maximum atomic E-state index is 3.81. The molecule has 1 rings (SSSR count). The highest BCUT2D eigenvalue weighted by Crippen LogP contribution is 1.74. The van der Waals surface area contributed by atoms with Crippen LogP contribution in [0.5, 0.6) is 0 Å². The second-order valence-corrected chi connectivity index (χ2v) is 1.33. The SMILES string of the molecule is CC.CC.Cc1nnn(C)n1. The Labute approximate surface area is 68.6 Å². The number of nitrogens with zero attached hydrogens (tertiary/aromatic N) is 4. The molecule has 1 heterocycles. The van der Waals surface area contributed by atoms with Gasteiger partial charge in [0.25, 0.3) is 0 Å². The number of tetrazole rings is 1. The van der Waals surface area contributed by atoms with Crippen LogP contribution in [0.25, 0.3) is 0 Å². The summed E-state index contributed by atoms with van der Waals surface area (Å²) < 4.78 is 0. The highest BCUT2D eigenvalue weighted by molar-refractivity contribution is 4.65. The van der Waals surface area contributed by atoms with Gasteiger partial charge in [0.2, 0.25) is 0 Å². The second-order valence-electron chi connectivity index (χ2n) is 1.33. The van der Waals surface area contributed by atoms with Gasteiger partial charge in [-0.15, -0.1) is 10.2 Å². The molecular formula is C7H18N4. The summed E-state index contributed by atoms with van der Waals surface area (Å²) in [4.78, 5) is 1.43. The van der Waals surface area contributed by atoms with Crippen LogP contribution in [-0.2, 0) is 7.05 Å². The Bertz CT molecular complexity index is 143. The molecule has 0 fully saturated rings. The monoisotopic (exact) mass is 158 g/mol. The first-order valence-corrected chi connectivity index (χ1v) is 3.99. The van der Waals surface area contributed by atoms with Crippen molar-refractivity contribution in [2.24, 2.45) is 7.05 Å². The van der Waals surface area contributed by atoms with Crippen LogP contribution in [0.1, 0.15) is 33.5 Å². The van der Waals surface area contributed by atoms with Gasteiger partial charge in [0, 0.05) is 0 Å². The molecule has 11 heavy (non-hydrogen) atoms. The van der Waals surface area contributed by atoms with E-state index in [2.05, 4.69) is 15.4 Å². The maximum absolute atomic E-state index is 3.81. The summed E-state index contributed by atoms with van der Waals surface area (Å²) in [6, 6.07) is 0. The van der Waals surface area contributed by atoms with Gasteiger partial charge in [-0.1, -0.05) is 27.7 Å². The molecule has 4 nitrogen and oxygen atoms in total. The molecule has 0 spiro atoms. The van der Waals surface area contributed by atoms with E-state index in [9.17, 15) is 0 Å². The first-order valence-electron chi connectivity index (χ1n) is 3.99. The molecule has 0 atom stereocenters. The van der Waals surface area contributed by atoms with Crippen molar-refractivity contribution < 1.29 is 0 Å². The van der Waals surface area contributed by atoms with Crippen molar-refractivity contribution in [1.29, 1.82) is 0 Å². The molecule has 0 aliphatic carbocycles. The van der Waals surface area contributed by atoms with Gasteiger partial charge in [0.15, 0.2) is 5.82 Å². The van der Waals surface area contributed by atoms with Crippen molar-refractivity contribution in [1.82, 2.24) is 20.2 Å². The Kier molecular flexibility index (Phi) is 10.5. The van der Waals surface area contributed by atoms with E-state index in [1.165, 1.54) is 4.80 Å². The van der Waals surface area contributed by atoms with E-state index in [0.717, 1.165) is 0 Å². The van der Waals surface area contributed by atoms with Gasteiger partial charge in [-0.05, 0) is 12.1 Å². The Morgan fingerprint density at radius 1 is 1.09 bits per heavy atom. The van der Waals surface area contributed by atoms with Crippen LogP contribution in [0.4, 0.5) is 0 Å². The third-order valence-electron chi connectivity index (χ3n) is 0.608. The van der Waals surface area contributed by atoms with Gasteiger partial charge >= 0.3 is 0 Å². The summed E-state index contributed by atoms with van der Waals surface area (Å²) >= 11 is 0. The molecule has 0 aromatic carbocycles. The molecule has 0 aliphatic rings. The minimum Gasteiger partial charge on any atom is -0.167 e. The molecule has 0 unspecified atom stereocenters. The number of hydrogen-bond donors (Lipinski definition) is 0. The number of aryl methyl sites for hydroxylation is 2. The van der Waals surface area contributed by atoms with Gasteiger partial charge in [-0.25, -0.2) is 0 Å². The van der Waals surface area contributed by atoms with Gasteiger partial charge < -0.3 is 0 Å². The average molecular weight is 158 g/mol. The molecule has 0 N–H and O–H groups in total. The first kappa shape index (κ1) is 12.7. The molecular weight excluding hydrogens is 140 g/mol. The number of rotatable bonds is 0. The van der Waals surface area contributed by atoms with Gasteiger partial charge in [0.1, 0.15) is 0 Å². The van der Waals surface area contributed by atoms with Gasteiger partial charge in [-0.3, -0.25) is 0 Å². The molecule has 1 aromatic rings. The van der Waals surface area contributed by atoms with E-state index in [4.69, 9.17) is 0 Å². The Morgan fingerprint density at radius 3 is 1.64 bits per heavy atom. The molecule has 0 radical (unpaired) electrons. The first-order chi connectivity index (χ1) is 5.29. The summed E-state index contributed by atoms with van der Waals surface area (Å²) in [5, 5.41) is 11.0. The van der Waals surface area contributed by atoms with Crippen molar-refractivity contribution in [2.75, 3.05) is 0 Å². The van der Waals surface area contributed by atoms with Crippen LogP contribution >= 0.6 is 0 Å². The van der Waals surface area contributed by atoms with Crippen molar-refractivity contribution >= 4 is 0 Å². The summed E-state index contributed by atoms with van der Waals surface area (Å²) in [6.45, 7) is 9.80. The fourth-order valence-corrected chi connectivity index (χ4v) is 0.379. The molecule has 1 aromatic heterocycles. The van der Waals surface area contributed by atoms with E-state index >= 15 is 0 Å². The summed E-state index contributed by atoms with van der Waals surface area (Å²) in [6.07, 6.45) is 0. The Morgan fingerprint density at radius 2 is 1.55 bits per heavy atom. The zero-order chi connectivity index (χ0) is 9.28. The Hall–Kier alpha value is -0.930. The molecule has 0 saturated carbocycles. The van der Waals surface area contributed by atoms with Crippen LogP contribution < -0.4 is 0 Å². The van der Waals surface area contributed by atoms with Crippen LogP contribution in [-0.4, -0.2) is 20.2 Å². The molecule has 4 heteroatoms. The molecule has 0 amide bonds. The topological polar surface area (TPSA) is 43.6 Å². The van der Waals surface area contributed by atoms with E-state index in [1.807, 2.05) is 27.7 Å². The molecule has 0 bridgehead atoms. The second kappa shape index (κ2) is 9.07. The number of aromatic nitrogens is 4. The van der Waals surface area contributed by atoms with E-state index in [-0.39, 0.29) is 0 Å². The van der Waals surface area contributed by atoms with E-state index in [1.54, 1.807) is 14.0 Å². The normalized spacial score (nSPS) is 7.09. The highest BCUT2D eigenvalue weighted by atomic mass is 15.6. The standard InChI is InChI=1S/C3H6N4.2C2H6/c1-3-4-6-7(2)5-3;2*1-2/h1-2H3;2*1-2H3. The molecule has 66 valence electrons. The Balaban J connectivity index is 0. The summed E-state index contributed by atoms with van der Waals surface area (Å²) in [5.41, 5.74) is 0. The van der Waals surface area contributed by atoms with Crippen molar-refractivity contribution in [3.05, 3.63) is 5.82 Å². The number of hydrogen-bond acceptors (Lipinski definition) is 3. The minimum atomic E-state index is 0.711. The third-order valence-corrected chi connectivity index (χ3v) is 0.608. The fraction of sp³-hybridized carbons (Fsp3) is 0.857. The molecule has 0 aliphatic heterocycles. The lowest BCUT2D eigenvalue weighted by Gasteiger charge is -1.73. The zero-order valence-corrected chi connectivity index (χ0v) is 8.29. The minimum absolute atomic E-state index is 0.711. The predicted octanol–water partition coefficient (Wildman–Crippen LogP) is 1.57. The zero-order valence-electron chi connectivity index (χ0n) is 8.29. The van der Waals surface area contributed by atoms with Crippen molar-refractivity contribution in [2.45, 2.75) is 34.6 Å². The quantitative estimate of drug-likeness (QED) is 0.575. The lowest BCUT2D eigenvalue weighted by Crippen LogP contribution is -1.91. The van der Waals surface area contributed by atoms with E-state index in [0.29, 0.717) is 5.82 Å². The largest absolute Gasteiger partial charge is 0.171 e. The predicted molar refractivity (Wildman–Crippen MR) is 46.2 cm³/mol.